The van der Waals surface area contributed by atoms with Crippen molar-refractivity contribution in [1.82, 2.24) is 25.8 Å². The van der Waals surface area contributed by atoms with Crippen LogP contribution in [0.25, 0.3) is 0 Å². The van der Waals surface area contributed by atoms with Gasteiger partial charge in [-0.3, -0.25) is 19.2 Å². The molecule has 5 atom stereocenters. The van der Waals surface area contributed by atoms with Crippen molar-refractivity contribution in [3.63, 3.8) is 0 Å². The fourth-order valence-corrected chi connectivity index (χ4v) is 7.93. The van der Waals surface area contributed by atoms with E-state index in [1.807, 2.05) is 49.6 Å². The van der Waals surface area contributed by atoms with E-state index in [4.69, 9.17) is 4.74 Å². The molecule has 0 bridgehead atoms. The van der Waals surface area contributed by atoms with Gasteiger partial charge in [-0.2, -0.15) is 0 Å². The number of thiazole rings is 1. The van der Waals surface area contributed by atoms with Crippen LogP contribution in [0, 0.1) is 23.7 Å². The standard InChI is InChI=1S/C40H61N5O6S/c1-4-5-16-41-39(49)33(28(2)3)25-36(46)34(22-30-14-10-7-11-15-30)43-40(50)35(24-32-26-52-27-42-32)44-38(48)31(21-29-12-8-6-9-13-29)23-37(47)45-17-19-51-20-18-45/h6,8-9,12-13,26-28,30-31,33-36,46H,4-5,7,10-11,14-25H2,1-3H3,(H,41,49)(H,43,50)(H,44,48)/t31?,33?,34?,35-,36?/m0/s1. The first-order valence-electron chi connectivity index (χ1n) is 19.5. The molecule has 288 valence electrons. The maximum absolute atomic E-state index is 14.3. The molecule has 1 aromatic carbocycles. The van der Waals surface area contributed by atoms with E-state index in [2.05, 4.69) is 27.9 Å². The number of amides is 4. The maximum Gasteiger partial charge on any atom is 0.243 e. The molecule has 4 unspecified atom stereocenters. The first kappa shape index (κ1) is 41.4. The Labute approximate surface area is 314 Å². The van der Waals surface area contributed by atoms with Gasteiger partial charge in [0.15, 0.2) is 0 Å². The molecule has 12 heteroatoms. The van der Waals surface area contributed by atoms with Crippen molar-refractivity contribution >= 4 is 35.0 Å². The number of carbonyl (C=O) groups is 4. The van der Waals surface area contributed by atoms with Crippen molar-refractivity contribution in [2.24, 2.45) is 23.7 Å². The number of nitrogens with one attached hydrogen (secondary N) is 3. The van der Waals surface area contributed by atoms with Gasteiger partial charge in [0.2, 0.25) is 23.6 Å². The number of hydrogen-bond donors (Lipinski definition) is 4. The molecule has 52 heavy (non-hydrogen) atoms. The number of aliphatic hydroxyl groups is 1. The molecule has 11 nitrogen and oxygen atoms in total. The highest BCUT2D eigenvalue weighted by atomic mass is 32.1. The number of nitrogens with zero attached hydrogens (tertiary/aromatic N) is 2. The molecular formula is C40H61N5O6S. The molecule has 2 fully saturated rings. The van der Waals surface area contributed by atoms with Gasteiger partial charge in [-0.25, -0.2) is 4.98 Å². The van der Waals surface area contributed by atoms with Crippen LogP contribution in [0.4, 0.5) is 0 Å². The molecular weight excluding hydrogens is 679 g/mol. The molecule has 1 aliphatic heterocycles. The highest BCUT2D eigenvalue weighted by Crippen LogP contribution is 2.30. The summed E-state index contributed by atoms with van der Waals surface area (Å²) in [6, 6.07) is 8.01. The lowest BCUT2D eigenvalue weighted by Crippen LogP contribution is -2.55. The van der Waals surface area contributed by atoms with Crippen molar-refractivity contribution in [3.05, 3.63) is 52.5 Å². The van der Waals surface area contributed by atoms with E-state index in [9.17, 15) is 24.3 Å². The number of ether oxygens (including phenoxy) is 1. The number of unbranched alkanes of at least 4 members (excludes halogenated alkanes) is 1. The molecule has 4 N–H and O–H groups in total. The van der Waals surface area contributed by atoms with E-state index in [1.165, 1.54) is 17.8 Å². The van der Waals surface area contributed by atoms with E-state index < -0.39 is 35.9 Å². The minimum atomic E-state index is -0.981. The summed E-state index contributed by atoms with van der Waals surface area (Å²) in [6.45, 7) is 8.54. The molecule has 1 aliphatic carbocycles. The Balaban J connectivity index is 1.54. The van der Waals surface area contributed by atoms with E-state index in [0.29, 0.717) is 57.3 Å². The molecule has 2 aromatic rings. The molecule has 0 radical (unpaired) electrons. The summed E-state index contributed by atoms with van der Waals surface area (Å²) in [4.78, 5) is 61.2. The predicted octanol–water partition coefficient (Wildman–Crippen LogP) is 4.67. The molecule has 1 saturated carbocycles. The Kier molecular flexibility index (Phi) is 17.5. The minimum absolute atomic E-state index is 0.000677. The molecule has 1 saturated heterocycles. The van der Waals surface area contributed by atoms with Gasteiger partial charge in [0, 0.05) is 43.8 Å². The first-order valence-corrected chi connectivity index (χ1v) is 20.4. The summed E-state index contributed by atoms with van der Waals surface area (Å²) in [7, 11) is 0. The number of benzene rings is 1. The highest BCUT2D eigenvalue weighted by molar-refractivity contribution is 7.07. The number of hydrogen-bond acceptors (Lipinski definition) is 8. The largest absolute Gasteiger partial charge is 0.391 e. The monoisotopic (exact) mass is 739 g/mol. The van der Waals surface area contributed by atoms with Crippen LogP contribution < -0.4 is 16.0 Å². The van der Waals surface area contributed by atoms with Crippen molar-refractivity contribution in [2.45, 2.75) is 116 Å². The Morgan fingerprint density at radius 2 is 1.71 bits per heavy atom. The minimum Gasteiger partial charge on any atom is -0.391 e. The maximum atomic E-state index is 14.3. The van der Waals surface area contributed by atoms with Crippen molar-refractivity contribution < 1.29 is 29.0 Å². The molecule has 1 aromatic heterocycles. The summed E-state index contributed by atoms with van der Waals surface area (Å²) in [5.74, 6) is -1.75. The zero-order valence-electron chi connectivity index (χ0n) is 31.4. The van der Waals surface area contributed by atoms with Crippen LogP contribution in [0.1, 0.15) is 96.2 Å². The highest BCUT2D eigenvalue weighted by Gasteiger charge is 2.35. The summed E-state index contributed by atoms with van der Waals surface area (Å²) in [5, 5.41) is 22.8. The quantitative estimate of drug-likeness (QED) is 0.144. The van der Waals surface area contributed by atoms with Gasteiger partial charge in [0.1, 0.15) is 6.04 Å². The van der Waals surface area contributed by atoms with Crippen molar-refractivity contribution in [3.8, 4) is 0 Å². The van der Waals surface area contributed by atoms with Gasteiger partial charge in [-0.15, -0.1) is 11.3 Å². The Bertz CT molecular complexity index is 1360. The lowest BCUT2D eigenvalue weighted by molar-refractivity contribution is -0.140. The Hall–Kier alpha value is -3.35. The second-order valence-electron chi connectivity index (χ2n) is 15.0. The van der Waals surface area contributed by atoms with Gasteiger partial charge in [0.05, 0.1) is 42.5 Å². The average molecular weight is 740 g/mol. The van der Waals surface area contributed by atoms with Gasteiger partial charge < -0.3 is 30.7 Å². The van der Waals surface area contributed by atoms with Gasteiger partial charge in [-0.1, -0.05) is 89.6 Å². The van der Waals surface area contributed by atoms with Crippen LogP contribution in [0.15, 0.2) is 41.2 Å². The third kappa shape index (κ3) is 13.6. The molecule has 2 heterocycles. The number of aromatic nitrogens is 1. The second kappa shape index (κ2) is 22.0. The fraction of sp³-hybridized carbons (Fsp3) is 0.675. The Morgan fingerprint density at radius 3 is 2.37 bits per heavy atom. The fourth-order valence-electron chi connectivity index (χ4n) is 7.36. The zero-order valence-corrected chi connectivity index (χ0v) is 32.2. The number of aliphatic hydroxyl groups excluding tert-OH is 1. The lowest BCUT2D eigenvalue weighted by atomic mass is 9.81. The smallest absolute Gasteiger partial charge is 0.243 e. The van der Waals surface area contributed by atoms with E-state index in [1.54, 1.807) is 10.4 Å². The summed E-state index contributed by atoms with van der Waals surface area (Å²) in [6.07, 6.45) is 7.70. The molecule has 2 aliphatic rings. The lowest BCUT2D eigenvalue weighted by Gasteiger charge is -2.33. The van der Waals surface area contributed by atoms with Crippen LogP contribution in [0.2, 0.25) is 0 Å². The Morgan fingerprint density at radius 1 is 0.981 bits per heavy atom. The number of rotatable bonds is 20. The van der Waals surface area contributed by atoms with Crippen LogP contribution in [-0.2, 0) is 36.8 Å². The third-order valence-electron chi connectivity index (χ3n) is 10.6. The summed E-state index contributed by atoms with van der Waals surface area (Å²) >= 11 is 1.41. The second-order valence-corrected chi connectivity index (χ2v) is 15.7. The first-order chi connectivity index (χ1) is 25.1. The van der Waals surface area contributed by atoms with Crippen LogP contribution in [-0.4, -0.2) is 89.7 Å². The van der Waals surface area contributed by atoms with Gasteiger partial charge >= 0.3 is 0 Å². The topological polar surface area (TPSA) is 150 Å². The molecule has 4 amide bonds. The SMILES string of the molecule is CCCCNC(=O)C(CC(O)C(CC1CCCCC1)NC(=O)[C@H](Cc1cscn1)NC(=O)C(CC(=O)N1CCOCC1)Cc1ccccc1)C(C)C. The number of carbonyl (C=O) groups excluding carboxylic acids is 4. The number of morpholine rings is 1. The van der Waals surface area contributed by atoms with Crippen LogP contribution in [0.3, 0.4) is 0 Å². The van der Waals surface area contributed by atoms with E-state index >= 15 is 0 Å². The zero-order chi connectivity index (χ0) is 37.3. The normalized spacial score (nSPS) is 18.2. The van der Waals surface area contributed by atoms with Crippen LogP contribution in [0.5, 0.6) is 0 Å². The van der Waals surface area contributed by atoms with Crippen molar-refractivity contribution in [2.75, 3.05) is 32.8 Å². The van der Waals surface area contributed by atoms with Gasteiger partial charge in [-0.05, 0) is 43.1 Å². The van der Waals surface area contributed by atoms with E-state index in [-0.39, 0.29) is 42.9 Å². The molecule has 4 rings (SSSR count). The van der Waals surface area contributed by atoms with Gasteiger partial charge in [0.25, 0.3) is 0 Å². The molecule has 0 spiro atoms. The van der Waals surface area contributed by atoms with Crippen molar-refractivity contribution in [1.29, 1.82) is 0 Å². The third-order valence-corrected chi connectivity index (χ3v) is 11.2. The average Bonchev–Trinajstić information content (AvgIpc) is 3.67. The summed E-state index contributed by atoms with van der Waals surface area (Å²) < 4.78 is 5.43. The van der Waals surface area contributed by atoms with Crippen LogP contribution >= 0.6 is 11.3 Å². The summed E-state index contributed by atoms with van der Waals surface area (Å²) in [5.41, 5.74) is 3.29. The van der Waals surface area contributed by atoms with E-state index in [0.717, 1.165) is 44.1 Å². The predicted molar refractivity (Wildman–Crippen MR) is 203 cm³/mol.